The molecule has 4 N–H and O–H groups in total. The predicted molar refractivity (Wildman–Crippen MR) is 158 cm³/mol. The molecule has 0 radical (unpaired) electrons. The maximum absolute atomic E-state index is 13.2. The Balaban J connectivity index is 0.00000370. The maximum atomic E-state index is 13.2. The molecule has 1 heterocycles. The molecule has 40 heavy (non-hydrogen) atoms. The number of amides is 2. The van der Waals surface area contributed by atoms with Crippen LogP contribution in [-0.4, -0.2) is 31.2 Å². The number of nitrogens with two attached hydrogens (primary N) is 1. The summed E-state index contributed by atoms with van der Waals surface area (Å²) in [6, 6.07) is 21.9. The fourth-order valence-electron chi connectivity index (χ4n) is 5.18. The van der Waals surface area contributed by atoms with E-state index in [2.05, 4.69) is 34.9 Å². The first-order chi connectivity index (χ1) is 18.9. The molecule has 3 aromatic carbocycles. The summed E-state index contributed by atoms with van der Waals surface area (Å²) in [5.74, 6) is -0.474. The second-order valence-electron chi connectivity index (χ2n) is 9.76. The fourth-order valence-corrected chi connectivity index (χ4v) is 5.18. The summed E-state index contributed by atoms with van der Waals surface area (Å²) >= 11 is 0. The number of anilines is 1. The standard InChI is InChI=1S/C31H31N3O5.ClH/c1-19-16-29(35)39-28-17-20(13-14-21(19)28)33-30(36)27(12-6-7-15-32)34-31(37)38-18-26-24-10-4-2-8-22(24)23-9-3-5-11-25(23)26;/h2-5,8-11,13-14,16-17,26-27H,6-7,12,15,18,32H2,1H3,(H,33,36)(H,34,37);1H. The summed E-state index contributed by atoms with van der Waals surface area (Å²) in [6.07, 6.45) is 1.11. The van der Waals surface area contributed by atoms with Crippen LogP contribution in [0.15, 0.2) is 82.0 Å². The van der Waals surface area contributed by atoms with Crippen molar-refractivity contribution in [1.82, 2.24) is 5.32 Å². The van der Waals surface area contributed by atoms with Crippen LogP contribution in [0, 0.1) is 6.92 Å². The van der Waals surface area contributed by atoms with E-state index >= 15 is 0 Å². The van der Waals surface area contributed by atoms with Crippen molar-refractivity contribution in [2.75, 3.05) is 18.5 Å². The number of aryl methyl sites for hydroxylation is 1. The summed E-state index contributed by atoms with van der Waals surface area (Å²) in [4.78, 5) is 37.9. The van der Waals surface area contributed by atoms with E-state index < -0.39 is 23.7 Å². The van der Waals surface area contributed by atoms with E-state index in [-0.39, 0.29) is 24.9 Å². The highest BCUT2D eigenvalue weighted by Crippen LogP contribution is 2.44. The molecule has 1 aromatic heterocycles. The summed E-state index contributed by atoms with van der Waals surface area (Å²) in [6.45, 7) is 2.46. The van der Waals surface area contributed by atoms with Crippen LogP contribution in [0.3, 0.4) is 0 Å². The minimum Gasteiger partial charge on any atom is -0.449 e. The number of carbonyl (C=O) groups excluding carboxylic acids is 2. The average molecular weight is 562 g/mol. The van der Waals surface area contributed by atoms with Gasteiger partial charge in [0.25, 0.3) is 0 Å². The van der Waals surface area contributed by atoms with Crippen molar-refractivity contribution in [2.24, 2.45) is 5.73 Å². The van der Waals surface area contributed by atoms with Crippen molar-refractivity contribution in [3.63, 3.8) is 0 Å². The topological polar surface area (TPSA) is 124 Å². The fraction of sp³-hybridized carbons (Fsp3) is 0.258. The van der Waals surface area contributed by atoms with Gasteiger partial charge in [0.15, 0.2) is 0 Å². The first-order valence-electron chi connectivity index (χ1n) is 13.1. The molecular weight excluding hydrogens is 530 g/mol. The molecule has 0 saturated heterocycles. The SMILES string of the molecule is Cc1cc(=O)oc2cc(NC(=O)C(CCCCN)NC(=O)OCC3c4ccccc4-c4ccccc43)ccc12.Cl. The summed E-state index contributed by atoms with van der Waals surface area (Å²) < 4.78 is 10.9. The number of rotatable bonds is 9. The van der Waals surface area contributed by atoms with Crippen LogP contribution in [0.4, 0.5) is 10.5 Å². The molecule has 1 atom stereocenters. The van der Waals surface area contributed by atoms with Crippen molar-refractivity contribution in [3.8, 4) is 11.1 Å². The Morgan fingerprint density at radius 3 is 2.33 bits per heavy atom. The Morgan fingerprint density at radius 1 is 0.975 bits per heavy atom. The van der Waals surface area contributed by atoms with Crippen molar-refractivity contribution in [3.05, 3.63) is 99.9 Å². The number of hydrogen-bond donors (Lipinski definition) is 3. The Kier molecular flexibility index (Phi) is 9.24. The molecule has 9 heteroatoms. The molecule has 0 fully saturated rings. The lowest BCUT2D eigenvalue weighted by molar-refractivity contribution is -0.118. The van der Waals surface area contributed by atoms with Gasteiger partial charge >= 0.3 is 11.7 Å². The monoisotopic (exact) mass is 561 g/mol. The number of halogens is 1. The van der Waals surface area contributed by atoms with Gasteiger partial charge in [0, 0.05) is 29.1 Å². The van der Waals surface area contributed by atoms with Gasteiger partial charge in [-0.1, -0.05) is 48.5 Å². The zero-order chi connectivity index (χ0) is 27.4. The van der Waals surface area contributed by atoms with Crippen molar-refractivity contribution >= 4 is 41.1 Å². The molecule has 0 aliphatic heterocycles. The third-order valence-electron chi connectivity index (χ3n) is 7.12. The van der Waals surface area contributed by atoms with Gasteiger partial charge < -0.3 is 25.5 Å². The number of hydrogen-bond acceptors (Lipinski definition) is 6. The highest BCUT2D eigenvalue weighted by molar-refractivity contribution is 5.98. The number of nitrogens with one attached hydrogen (secondary N) is 2. The van der Waals surface area contributed by atoms with Gasteiger partial charge in [-0.05, 0) is 72.7 Å². The van der Waals surface area contributed by atoms with Crippen LogP contribution in [0.1, 0.15) is 41.9 Å². The minimum absolute atomic E-state index is 0. The van der Waals surface area contributed by atoms with E-state index in [4.69, 9.17) is 14.9 Å². The highest BCUT2D eigenvalue weighted by atomic mass is 35.5. The molecule has 5 rings (SSSR count). The highest BCUT2D eigenvalue weighted by Gasteiger charge is 2.29. The number of alkyl carbamates (subject to hydrolysis) is 1. The van der Waals surface area contributed by atoms with Gasteiger partial charge in [0.2, 0.25) is 5.91 Å². The van der Waals surface area contributed by atoms with Crippen molar-refractivity contribution < 1.29 is 18.7 Å². The Morgan fingerprint density at radius 2 is 1.65 bits per heavy atom. The molecule has 1 aliphatic rings. The largest absolute Gasteiger partial charge is 0.449 e. The van der Waals surface area contributed by atoms with Gasteiger partial charge in [0.1, 0.15) is 18.2 Å². The lowest BCUT2D eigenvalue weighted by Gasteiger charge is -2.20. The van der Waals surface area contributed by atoms with Crippen molar-refractivity contribution in [1.29, 1.82) is 0 Å². The van der Waals surface area contributed by atoms with Crippen LogP contribution < -0.4 is 22.0 Å². The molecule has 8 nitrogen and oxygen atoms in total. The van der Waals surface area contributed by atoms with E-state index in [9.17, 15) is 14.4 Å². The molecule has 0 bridgehead atoms. The van der Waals surface area contributed by atoms with Crippen LogP contribution >= 0.6 is 12.4 Å². The summed E-state index contributed by atoms with van der Waals surface area (Å²) in [5.41, 5.74) is 11.3. The minimum atomic E-state index is -0.826. The Labute approximate surface area is 238 Å². The first-order valence-corrected chi connectivity index (χ1v) is 13.1. The van der Waals surface area contributed by atoms with Gasteiger partial charge in [-0.3, -0.25) is 4.79 Å². The number of fused-ring (bicyclic) bond motifs is 4. The van der Waals surface area contributed by atoms with Gasteiger partial charge in [-0.15, -0.1) is 12.4 Å². The van der Waals surface area contributed by atoms with Crippen LogP contribution in [-0.2, 0) is 9.53 Å². The lowest BCUT2D eigenvalue weighted by Crippen LogP contribution is -2.44. The van der Waals surface area contributed by atoms with Crippen LogP contribution in [0.25, 0.3) is 22.1 Å². The third-order valence-corrected chi connectivity index (χ3v) is 7.12. The zero-order valence-corrected chi connectivity index (χ0v) is 23.0. The Bertz CT molecular complexity index is 1540. The molecule has 0 saturated carbocycles. The van der Waals surface area contributed by atoms with Gasteiger partial charge in [-0.25, -0.2) is 9.59 Å². The quantitative estimate of drug-likeness (QED) is 0.183. The van der Waals surface area contributed by atoms with E-state index in [0.29, 0.717) is 30.7 Å². The number of benzene rings is 3. The van der Waals surface area contributed by atoms with Gasteiger partial charge in [0.05, 0.1) is 0 Å². The molecule has 1 aliphatic carbocycles. The lowest BCUT2D eigenvalue weighted by atomic mass is 9.98. The summed E-state index contributed by atoms with van der Waals surface area (Å²) in [5, 5.41) is 6.34. The molecule has 208 valence electrons. The molecule has 1 unspecified atom stereocenters. The van der Waals surface area contributed by atoms with E-state index in [1.54, 1.807) is 18.2 Å². The first kappa shape index (κ1) is 28.9. The average Bonchev–Trinajstić information content (AvgIpc) is 3.24. The molecule has 2 amide bonds. The van der Waals surface area contributed by atoms with Crippen molar-refractivity contribution in [2.45, 2.75) is 38.1 Å². The zero-order valence-electron chi connectivity index (χ0n) is 22.1. The normalized spacial score (nSPS) is 12.7. The second-order valence-corrected chi connectivity index (χ2v) is 9.76. The van der Waals surface area contributed by atoms with E-state index in [1.807, 2.05) is 31.2 Å². The summed E-state index contributed by atoms with van der Waals surface area (Å²) in [7, 11) is 0. The van der Waals surface area contributed by atoms with E-state index in [1.165, 1.54) is 6.07 Å². The molecule has 4 aromatic rings. The number of carbonyl (C=O) groups is 2. The second kappa shape index (κ2) is 12.8. The number of ether oxygens (including phenoxy) is 1. The third kappa shape index (κ3) is 6.19. The maximum Gasteiger partial charge on any atom is 0.407 e. The van der Waals surface area contributed by atoms with Crippen LogP contribution in [0.5, 0.6) is 0 Å². The molecule has 0 spiro atoms. The van der Waals surface area contributed by atoms with Crippen LogP contribution in [0.2, 0.25) is 0 Å². The van der Waals surface area contributed by atoms with Gasteiger partial charge in [-0.2, -0.15) is 0 Å². The molecular formula is C31H32ClN3O5. The predicted octanol–water partition coefficient (Wildman–Crippen LogP) is 5.50. The van der Waals surface area contributed by atoms with E-state index in [0.717, 1.165) is 39.6 Å². The smallest absolute Gasteiger partial charge is 0.407 e. The Hall–Kier alpha value is -4.14. The number of unbranched alkanes of at least 4 members (excludes halogenated alkanes) is 1.